The van der Waals surface area contributed by atoms with E-state index in [-0.39, 0.29) is 11.9 Å². The maximum atomic E-state index is 14.8. The monoisotopic (exact) mass is 449 g/mol. The molecule has 33 heavy (non-hydrogen) atoms. The molecule has 0 bridgehead atoms. The first kappa shape index (κ1) is 23.9. The van der Waals surface area contributed by atoms with E-state index in [0.717, 1.165) is 36.6 Å². The van der Waals surface area contributed by atoms with Crippen molar-refractivity contribution in [1.82, 2.24) is 15.0 Å². The Hall–Kier alpha value is -3.74. The lowest BCUT2D eigenvalue weighted by atomic mass is 9.98. The molecule has 1 aromatic carbocycles. The molecule has 2 N–H and O–H groups in total. The van der Waals surface area contributed by atoms with Crippen LogP contribution in [0.3, 0.4) is 0 Å². The van der Waals surface area contributed by atoms with E-state index in [1.807, 2.05) is 18.2 Å². The third-order valence-corrected chi connectivity index (χ3v) is 5.29. The standard InChI is InChI=1S/C24H24FN3O.C2H4O2/c1-3-21-22(4-2)28-24(27-21)19-12-10-16(14-20(19)25)17-11-13-23(26-15-17)29-18-8-6-5-7-9-18;1-2(3)4/h3-4,10-15,18H,1-2,5-9H2,(H,27,28);1H3,(H,3,4). The molecule has 4 rings (SSSR count). The highest BCUT2D eigenvalue weighted by Crippen LogP contribution is 2.29. The molecule has 1 saturated carbocycles. The van der Waals surface area contributed by atoms with Crippen molar-refractivity contribution < 1.29 is 19.0 Å². The van der Waals surface area contributed by atoms with Gasteiger partial charge in [-0.15, -0.1) is 0 Å². The molecule has 2 heterocycles. The van der Waals surface area contributed by atoms with Crippen molar-refractivity contribution in [2.24, 2.45) is 0 Å². The van der Waals surface area contributed by atoms with Crippen LogP contribution in [0.5, 0.6) is 5.88 Å². The van der Waals surface area contributed by atoms with Crippen LogP contribution in [0.25, 0.3) is 34.7 Å². The van der Waals surface area contributed by atoms with Gasteiger partial charge >= 0.3 is 0 Å². The van der Waals surface area contributed by atoms with Crippen LogP contribution in [0.1, 0.15) is 50.4 Å². The molecule has 0 aliphatic heterocycles. The number of benzene rings is 1. The van der Waals surface area contributed by atoms with Crippen molar-refractivity contribution in [3.8, 4) is 28.4 Å². The molecule has 0 amide bonds. The van der Waals surface area contributed by atoms with Crippen molar-refractivity contribution in [3.05, 3.63) is 66.9 Å². The van der Waals surface area contributed by atoms with Crippen LogP contribution in [-0.4, -0.2) is 32.1 Å². The van der Waals surface area contributed by atoms with Gasteiger partial charge in [-0.05, 0) is 61.6 Å². The van der Waals surface area contributed by atoms with Crippen LogP contribution in [-0.2, 0) is 4.79 Å². The molecule has 172 valence electrons. The highest BCUT2D eigenvalue weighted by Gasteiger charge is 2.16. The third-order valence-electron chi connectivity index (χ3n) is 5.29. The van der Waals surface area contributed by atoms with Crippen LogP contribution in [0.2, 0.25) is 0 Å². The summed E-state index contributed by atoms with van der Waals surface area (Å²) in [5.74, 6) is -0.111. The maximum Gasteiger partial charge on any atom is 0.300 e. The number of ether oxygens (including phenoxy) is 1. The van der Waals surface area contributed by atoms with Crippen molar-refractivity contribution in [2.45, 2.75) is 45.1 Å². The second-order valence-electron chi connectivity index (χ2n) is 7.77. The number of H-pyrrole nitrogens is 1. The molecule has 0 unspecified atom stereocenters. The smallest absolute Gasteiger partial charge is 0.300 e. The number of nitrogens with one attached hydrogen (secondary N) is 1. The molecule has 0 spiro atoms. The normalized spacial score (nSPS) is 13.5. The number of aromatic amines is 1. The third kappa shape index (κ3) is 6.38. The number of nitrogens with zero attached hydrogens (tertiary/aromatic N) is 2. The average Bonchev–Trinajstić information content (AvgIpc) is 3.23. The van der Waals surface area contributed by atoms with E-state index in [4.69, 9.17) is 14.6 Å². The number of halogens is 1. The molecular formula is C26H28FN3O3. The summed E-state index contributed by atoms with van der Waals surface area (Å²) < 4.78 is 20.8. The van der Waals surface area contributed by atoms with Crippen molar-refractivity contribution in [1.29, 1.82) is 0 Å². The van der Waals surface area contributed by atoms with Gasteiger partial charge in [0.15, 0.2) is 0 Å². The number of aliphatic carboxylic acids is 1. The summed E-state index contributed by atoms with van der Waals surface area (Å²) in [4.78, 5) is 20.9. The molecule has 6 nitrogen and oxygen atoms in total. The minimum atomic E-state index is -0.833. The predicted molar refractivity (Wildman–Crippen MR) is 128 cm³/mol. The zero-order valence-electron chi connectivity index (χ0n) is 18.7. The molecule has 3 aromatic rings. The molecule has 0 atom stereocenters. The Labute approximate surface area is 192 Å². The van der Waals surface area contributed by atoms with E-state index < -0.39 is 5.97 Å². The lowest BCUT2D eigenvalue weighted by molar-refractivity contribution is -0.134. The van der Waals surface area contributed by atoms with Gasteiger partial charge in [-0.3, -0.25) is 4.79 Å². The van der Waals surface area contributed by atoms with Crippen LogP contribution in [0.15, 0.2) is 49.7 Å². The van der Waals surface area contributed by atoms with Crippen LogP contribution < -0.4 is 4.74 Å². The highest BCUT2D eigenvalue weighted by molar-refractivity contribution is 5.70. The summed E-state index contributed by atoms with van der Waals surface area (Å²) in [5, 5.41) is 7.42. The number of carbonyl (C=O) groups is 1. The fraction of sp³-hybridized carbons (Fsp3) is 0.269. The average molecular weight is 450 g/mol. The van der Waals surface area contributed by atoms with E-state index >= 15 is 0 Å². The first-order chi connectivity index (χ1) is 15.9. The van der Waals surface area contributed by atoms with Gasteiger partial charge in [0.2, 0.25) is 5.88 Å². The molecule has 0 radical (unpaired) electrons. The van der Waals surface area contributed by atoms with Gasteiger partial charge in [-0.1, -0.05) is 25.6 Å². The van der Waals surface area contributed by atoms with Gasteiger partial charge in [-0.25, -0.2) is 14.4 Å². The SMILES string of the molecule is C=Cc1nc(-c2ccc(-c3ccc(OC4CCCCC4)nc3)cc2F)[nH]c1C=C.CC(=O)O. The van der Waals surface area contributed by atoms with E-state index in [2.05, 4.69) is 28.1 Å². The van der Waals surface area contributed by atoms with Gasteiger partial charge in [0.1, 0.15) is 17.7 Å². The Morgan fingerprint density at radius 1 is 1.15 bits per heavy atom. The van der Waals surface area contributed by atoms with E-state index in [1.54, 1.807) is 24.4 Å². The Kier molecular flexibility index (Phi) is 8.13. The first-order valence-electron chi connectivity index (χ1n) is 10.9. The molecule has 1 fully saturated rings. The summed E-state index contributed by atoms with van der Waals surface area (Å²) in [5.41, 5.74) is 3.36. The van der Waals surface area contributed by atoms with Gasteiger partial charge in [-0.2, -0.15) is 0 Å². The topological polar surface area (TPSA) is 88.1 Å². The molecule has 2 aromatic heterocycles. The van der Waals surface area contributed by atoms with E-state index in [0.29, 0.717) is 23.0 Å². The van der Waals surface area contributed by atoms with Crippen molar-refractivity contribution >= 4 is 18.1 Å². The van der Waals surface area contributed by atoms with Crippen LogP contribution >= 0.6 is 0 Å². The number of carboxylic acid groups (broad SMARTS) is 1. The fourth-order valence-corrected chi connectivity index (χ4v) is 3.70. The van der Waals surface area contributed by atoms with Crippen molar-refractivity contribution in [3.63, 3.8) is 0 Å². The van der Waals surface area contributed by atoms with Gasteiger partial charge < -0.3 is 14.8 Å². The molecular weight excluding hydrogens is 421 g/mol. The number of hydrogen-bond acceptors (Lipinski definition) is 4. The second-order valence-corrected chi connectivity index (χ2v) is 7.77. The molecule has 7 heteroatoms. The zero-order chi connectivity index (χ0) is 23.8. The van der Waals surface area contributed by atoms with Gasteiger partial charge in [0, 0.05) is 24.8 Å². The molecule has 1 aliphatic rings. The zero-order valence-corrected chi connectivity index (χ0v) is 18.7. The number of rotatable bonds is 6. The largest absolute Gasteiger partial charge is 0.481 e. The number of pyridine rings is 1. The van der Waals surface area contributed by atoms with Crippen LogP contribution in [0.4, 0.5) is 4.39 Å². The van der Waals surface area contributed by atoms with Gasteiger partial charge in [0.05, 0.1) is 17.0 Å². The summed E-state index contributed by atoms with van der Waals surface area (Å²) in [6.45, 7) is 8.55. The molecule has 1 aliphatic carbocycles. The number of aromatic nitrogens is 3. The van der Waals surface area contributed by atoms with E-state index in [9.17, 15) is 4.39 Å². The van der Waals surface area contributed by atoms with E-state index in [1.165, 1.54) is 25.3 Å². The second kappa shape index (κ2) is 11.2. The Morgan fingerprint density at radius 2 is 1.85 bits per heavy atom. The summed E-state index contributed by atoms with van der Waals surface area (Å²) in [7, 11) is 0. The molecule has 0 saturated heterocycles. The summed E-state index contributed by atoms with van der Waals surface area (Å²) in [6, 6.07) is 8.85. The lowest BCUT2D eigenvalue weighted by Gasteiger charge is -2.22. The summed E-state index contributed by atoms with van der Waals surface area (Å²) in [6.07, 6.45) is 11.1. The minimum Gasteiger partial charge on any atom is -0.481 e. The Balaban J connectivity index is 0.000000709. The van der Waals surface area contributed by atoms with Crippen LogP contribution in [0, 0.1) is 5.82 Å². The predicted octanol–water partition coefficient (Wildman–Crippen LogP) is 6.37. The Morgan fingerprint density at radius 3 is 2.39 bits per heavy atom. The quantitative estimate of drug-likeness (QED) is 0.457. The van der Waals surface area contributed by atoms with Crippen molar-refractivity contribution in [2.75, 3.05) is 0 Å². The number of imidazole rings is 1. The first-order valence-corrected chi connectivity index (χ1v) is 10.9. The van der Waals surface area contributed by atoms with Gasteiger partial charge in [0.25, 0.3) is 5.97 Å². The highest BCUT2D eigenvalue weighted by atomic mass is 19.1. The summed E-state index contributed by atoms with van der Waals surface area (Å²) >= 11 is 0. The fourth-order valence-electron chi connectivity index (χ4n) is 3.70. The number of carboxylic acids is 1. The lowest BCUT2D eigenvalue weighted by Crippen LogP contribution is -2.20. The number of hydrogen-bond donors (Lipinski definition) is 2. The maximum absolute atomic E-state index is 14.8. The minimum absolute atomic E-state index is 0.257. The Bertz CT molecular complexity index is 1090.